The van der Waals surface area contributed by atoms with Gasteiger partial charge in [0.2, 0.25) is 0 Å². The molecule has 1 heterocycles. The number of nitrogens with one attached hydrogen (secondary N) is 1. The fraction of sp³-hybridized carbons (Fsp3) is 0.200. The average Bonchev–Trinajstić information content (AvgIpc) is 3.12. The number of hydrogen-bond acceptors (Lipinski definition) is 4. The van der Waals surface area contributed by atoms with Crippen LogP contribution in [0, 0.1) is 13.8 Å². The van der Waals surface area contributed by atoms with Gasteiger partial charge in [-0.05, 0) is 55.3 Å². The van der Waals surface area contributed by atoms with Gasteiger partial charge in [-0.3, -0.25) is 4.79 Å². The summed E-state index contributed by atoms with van der Waals surface area (Å²) in [6.45, 7) is 4.14. The highest BCUT2D eigenvalue weighted by Crippen LogP contribution is 2.20. The summed E-state index contributed by atoms with van der Waals surface area (Å²) >= 11 is 0. The highest BCUT2D eigenvalue weighted by Gasteiger charge is 2.12. The SMILES string of the molecule is COc1ccc(OCn2ccc(C(=O)Nc3c(C)cccc3C)n2)cc1. The number of nitrogens with zero attached hydrogens (tertiary/aromatic N) is 2. The van der Waals surface area contributed by atoms with Gasteiger partial charge in [0.1, 0.15) is 11.5 Å². The average molecular weight is 351 g/mol. The molecule has 0 aliphatic carbocycles. The summed E-state index contributed by atoms with van der Waals surface area (Å²) in [7, 11) is 1.62. The lowest BCUT2D eigenvalue weighted by molar-refractivity contribution is 0.102. The van der Waals surface area contributed by atoms with Crippen molar-refractivity contribution < 1.29 is 14.3 Å². The minimum absolute atomic E-state index is 0.211. The monoisotopic (exact) mass is 351 g/mol. The first kappa shape index (κ1) is 17.5. The van der Waals surface area contributed by atoms with Crippen molar-refractivity contribution >= 4 is 11.6 Å². The van der Waals surface area contributed by atoms with E-state index in [9.17, 15) is 4.79 Å². The Kier molecular flexibility index (Phi) is 5.22. The fourth-order valence-electron chi connectivity index (χ4n) is 2.56. The number of carbonyl (C=O) groups excluding carboxylic acids is 1. The van der Waals surface area contributed by atoms with Crippen molar-refractivity contribution in [2.24, 2.45) is 0 Å². The largest absolute Gasteiger partial charge is 0.497 e. The third-order valence-electron chi connectivity index (χ3n) is 4.02. The number of carbonyl (C=O) groups is 1. The number of rotatable bonds is 6. The summed E-state index contributed by atoms with van der Waals surface area (Å²) in [4.78, 5) is 12.4. The second-order valence-electron chi connectivity index (χ2n) is 5.91. The van der Waals surface area contributed by atoms with E-state index < -0.39 is 0 Å². The molecule has 3 rings (SSSR count). The van der Waals surface area contributed by atoms with E-state index >= 15 is 0 Å². The fourth-order valence-corrected chi connectivity index (χ4v) is 2.56. The van der Waals surface area contributed by atoms with Gasteiger partial charge in [0.25, 0.3) is 5.91 Å². The molecule has 0 fully saturated rings. The molecule has 26 heavy (non-hydrogen) atoms. The summed E-state index contributed by atoms with van der Waals surface area (Å²) in [5.74, 6) is 1.22. The van der Waals surface area contributed by atoms with Gasteiger partial charge in [-0.2, -0.15) is 5.10 Å². The summed E-state index contributed by atoms with van der Waals surface area (Å²) in [5.41, 5.74) is 3.19. The van der Waals surface area contributed by atoms with Crippen LogP contribution in [0.5, 0.6) is 11.5 Å². The van der Waals surface area contributed by atoms with Gasteiger partial charge in [0, 0.05) is 11.9 Å². The van der Waals surface area contributed by atoms with Crippen LogP contribution in [-0.4, -0.2) is 22.8 Å². The molecular weight excluding hydrogens is 330 g/mol. The van der Waals surface area contributed by atoms with E-state index in [0.29, 0.717) is 11.4 Å². The minimum Gasteiger partial charge on any atom is -0.497 e. The van der Waals surface area contributed by atoms with Crippen molar-refractivity contribution in [1.29, 1.82) is 0 Å². The quantitative estimate of drug-likeness (QED) is 0.734. The second-order valence-corrected chi connectivity index (χ2v) is 5.91. The second kappa shape index (κ2) is 7.74. The summed E-state index contributed by atoms with van der Waals surface area (Å²) < 4.78 is 12.3. The summed E-state index contributed by atoms with van der Waals surface area (Å²) in [5, 5.41) is 7.19. The highest BCUT2D eigenvalue weighted by atomic mass is 16.5. The number of hydrogen-bond donors (Lipinski definition) is 1. The number of aromatic nitrogens is 2. The Hall–Kier alpha value is -3.28. The van der Waals surface area contributed by atoms with E-state index in [1.54, 1.807) is 24.1 Å². The molecule has 134 valence electrons. The third kappa shape index (κ3) is 4.03. The molecule has 6 nitrogen and oxygen atoms in total. The van der Waals surface area contributed by atoms with Crippen molar-refractivity contribution in [2.75, 3.05) is 12.4 Å². The van der Waals surface area contributed by atoms with Gasteiger partial charge < -0.3 is 14.8 Å². The smallest absolute Gasteiger partial charge is 0.276 e. The molecule has 6 heteroatoms. The molecule has 0 radical (unpaired) electrons. The minimum atomic E-state index is -0.245. The molecule has 0 aliphatic rings. The maximum absolute atomic E-state index is 12.4. The topological polar surface area (TPSA) is 65.4 Å². The van der Waals surface area contributed by atoms with Crippen LogP contribution in [0.15, 0.2) is 54.7 Å². The number of amides is 1. The van der Waals surface area contributed by atoms with Crippen molar-refractivity contribution in [1.82, 2.24) is 9.78 Å². The molecule has 0 spiro atoms. The van der Waals surface area contributed by atoms with E-state index in [-0.39, 0.29) is 12.6 Å². The zero-order chi connectivity index (χ0) is 18.5. The Morgan fingerprint density at radius 3 is 2.35 bits per heavy atom. The van der Waals surface area contributed by atoms with Gasteiger partial charge in [0.15, 0.2) is 12.4 Å². The Bertz CT molecular complexity index is 881. The van der Waals surface area contributed by atoms with E-state index in [1.807, 2.05) is 56.3 Å². The van der Waals surface area contributed by atoms with Crippen LogP contribution in [0.25, 0.3) is 0 Å². The van der Waals surface area contributed by atoms with E-state index in [0.717, 1.165) is 22.6 Å². The van der Waals surface area contributed by atoms with Gasteiger partial charge in [0.05, 0.1) is 7.11 Å². The molecule has 0 saturated carbocycles. The number of anilines is 1. The molecule has 0 atom stereocenters. The first-order chi connectivity index (χ1) is 12.6. The molecule has 0 unspecified atom stereocenters. The maximum Gasteiger partial charge on any atom is 0.276 e. The number of aryl methyl sites for hydroxylation is 2. The van der Waals surface area contributed by atoms with E-state index in [2.05, 4.69) is 10.4 Å². The molecule has 0 aliphatic heterocycles. The van der Waals surface area contributed by atoms with Crippen molar-refractivity contribution in [2.45, 2.75) is 20.6 Å². The predicted molar refractivity (Wildman–Crippen MR) is 99.7 cm³/mol. The van der Waals surface area contributed by atoms with Crippen molar-refractivity contribution in [3.05, 3.63) is 71.5 Å². The molecule has 1 aromatic heterocycles. The lowest BCUT2D eigenvalue weighted by Crippen LogP contribution is -2.15. The van der Waals surface area contributed by atoms with Gasteiger partial charge in [-0.15, -0.1) is 0 Å². The van der Waals surface area contributed by atoms with Crippen LogP contribution in [0.4, 0.5) is 5.69 Å². The van der Waals surface area contributed by atoms with Gasteiger partial charge in [-0.1, -0.05) is 18.2 Å². The number of ether oxygens (including phenoxy) is 2. The first-order valence-corrected chi connectivity index (χ1v) is 8.24. The highest BCUT2D eigenvalue weighted by molar-refractivity contribution is 6.03. The van der Waals surface area contributed by atoms with Gasteiger partial charge in [-0.25, -0.2) is 4.68 Å². The van der Waals surface area contributed by atoms with Crippen LogP contribution >= 0.6 is 0 Å². The molecule has 2 aromatic carbocycles. The van der Waals surface area contributed by atoms with Crippen LogP contribution in [0.2, 0.25) is 0 Å². The molecule has 0 saturated heterocycles. The predicted octanol–water partition coefficient (Wildman–Crippen LogP) is 3.80. The number of benzene rings is 2. The molecular formula is C20H21N3O3. The Morgan fingerprint density at radius 2 is 1.69 bits per heavy atom. The Morgan fingerprint density at radius 1 is 1.04 bits per heavy atom. The Labute approximate surface area is 152 Å². The van der Waals surface area contributed by atoms with Crippen LogP contribution in [0.1, 0.15) is 21.6 Å². The number of methoxy groups -OCH3 is 1. The molecule has 1 amide bonds. The van der Waals surface area contributed by atoms with Crippen LogP contribution in [-0.2, 0) is 6.73 Å². The lowest BCUT2D eigenvalue weighted by Gasteiger charge is -2.10. The van der Waals surface area contributed by atoms with Crippen molar-refractivity contribution in [3.8, 4) is 11.5 Å². The maximum atomic E-state index is 12.4. The molecule has 3 aromatic rings. The van der Waals surface area contributed by atoms with Gasteiger partial charge >= 0.3 is 0 Å². The van der Waals surface area contributed by atoms with E-state index in [1.165, 1.54) is 0 Å². The number of para-hydroxylation sites is 1. The normalized spacial score (nSPS) is 10.4. The third-order valence-corrected chi connectivity index (χ3v) is 4.02. The zero-order valence-electron chi connectivity index (χ0n) is 15.0. The first-order valence-electron chi connectivity index (χ1n) is 8.24. The lowest BCUT2D eigenvalue weighted by atomic mass is 10.1. The summed E-state index contributed by atoms with van der Waals surface area (Å²) in [6.07, 6.45) is 1.71. The van der Waals surface area contributed by atoms with Crippen molar-refractivity contribution in [3.63, 3.8) is 0 Å². The zero-order valence-corrected chi connectivity index (χ0v) is 15.0. The Balaban J connectivity index is 1.62. The van der Waals surface area contributed by atoms with Crippen LogP contribution in [0.3, 0.4) is 0 Å². The van der Waals surface area contributed by atoms with Crippen LogP contribution < -0.4 is 14.8 Å². The molecule has 0 bridgehead atoms. The summed E-state index contributed by atoms with van der Waals surface area (Å²) in [6, 6.07) is 14.8. The van der Waals surface area contributed by atoms with E-state index in [4.69, 9.17) is 9.47 Å². The standard InChI is InChI=1S/C20H21N3O3/c1-14-5-4-6-15(2)19(14)21-20(24)18-11-12-23(22-18)13-26-17-9-7-16(25-3)8-10-17/h4-12H,13H2,1-3H3,(H,21,24). The molecule has 1 N–H and O–H groups in total.